The summed E-state index contributed by atoms with van der Waals surface area (Å²) in [6, 6.07) is 1.56. The number of carboxylic acid groups (broad SMARTS) is 1. The normalized spacial score (nSPS) is 11.1. The number of rotatable bonds is 6. The van der Waals surface area contributed by atoms with Crippen LogP contribution in [-0.2, 0) is 9.59 Å². The first kappa shape index (κ1) is 15.4. The molecular weight excluding hydrogens is 268 g/mol. The molecule has 6 heteroatoms. The Morgan fingerprint density at radius 1 is 1.42 bits per heavy atom. The highest BCUT2D eigenvalue weighted by Crippen LogP contribution is 2.31. The molecule has 1 aromatic heterocycles. The summed E-state index contributed by atoms with van der Waals surface area (Å²) in [5, 5.41) is 12.2. The first-order valence-electron chi connectivity index (χ1n) is 6.08. The molecule has 0 radical (unpaired) electrons. The molecule has 0 aliphatic heterocycles. The molecule has 0 aliphatic rings. The number of carbonyl (C=O) groups is 2. The van der Waals surface area contributed by atoms with Crippen LogP contribution in [0.2, 0.25) is 5.02 Å². The van der Waals surface area contributed by atoms with Crippen molar-refractivity contribution in [3.8, 4) is 0 Å². The van der Waals surface area contributed by atoms with E-state index in [0.29, 0.717) is 23.6 Å². The maximum atomic E-state index is 11.9. The number of anilines is 1. The maximum absolute atomic E-state index is 11.9. The number of nitrogens with one attached hydrogen (secondary N) is 1. The Hall–Kier alpha value is -1.62. The monoisotopic (exact) mass is 284 g/mol. The van der Waals surface area contributed by atoms with E-state index in [1.54, 1.807) is 19.9 Å². The highest BCUT2D eigenvalue weighted by Gasteiger charge is 2.37. The van der Waals surface area contributed by atoms with Crippen molar-refractivity contribution >= 4 is 29.2 Å². The number of carbonyl (C=O) groups excluding carboxylic acids is 1. The number of hydrogen-bond donors (Lipinski definition) is 2. The summed E-state index contributed by atoms with van der Waals surface area (Å²) >= 11 is 5.90. The van der Waals surface area contributed by atoms with E-state index in [0.717, 1.165) is 0 Å². The lowest BCUT2D eigenvalue weighted by Crippen LogP contribution is -2.34. The molecule has 0 spiro atoms. The minimum Gasteiger partial charge on any atom is -0.481 e. The number of pyridine rings is 1. The topological polar surface area (TPSA) is 79.3 Å². The first-order chi connectivity index (χ1) is 8.95. The zero-order valence-corrected chi connectivity index (χ0v) is 11.7. The van der Waals surface area contributed by atoms with Gasteiger partial charge in [-0.25, -0.2) is 0 Å². The van der Waals surface area contributed by atoms with Crippen LogP contribution in [-0.4, -0.2) is 22.0 Å². The van der Waals surface area contributed by atoms with E-state index >= 15 is 0 Å². The fraction of sp³-hybridized carbons (Fsp3) is 0.462. The Labute approximate surface area is 117 Å². The Bertz CT molecular complexity index is 473. The van der Waals surface area contributed by atoms with Crippen LogP contribution in [0.4, 0.5) is 5.69 Å². The van der Waals surface area contributed by atoms with Gasteiger partial charge in [0.25, 0.3) is 0 Å². The van der Waals surface area contributed by atoms with E-state index in [9.17, 15) is 14.7 Å². The predicted octanol–water partition coefficient (Wildman–Crippen LogP) is 2.95. The van der Waals surface area contributed by atoms with Crippen molar-refractivity contribution in [3.05, 3.63) is 23.5 Å². The van der Waals surface area contributed by atoms with E-state index in [2.05, 4.69) is 10.3 Å². The molecule has 0 saturated carbocycles. The van der Waals surface area contributed by atoms with Crippen LogP contribution in [0.1, 0.15) is 33.1 Å². The van der Waals surface area contributed by atoms with Crippen LogP contribution in [0.25, 0.3) is 0 Å². The van der Waals surface area contributed by atoms with Gasteiger partial charge in [0.1, 0.15) is 0 Å². The average Bonchev–Trinajstić information content (AvgIpc) is 2.38. The number of nitrogens with zero attached hydrogens (tertiary/aromatic N) is 1. The number of halogens is 1. The van der Waals surface area contributed by atoms with Gasteiger partial charge in [0.15, 0.2) is 0 Å². The molecule has 0 aromatic carbocycles. The molecule has 19 heavy (non-hydrogen) atoms. The van der Waals surface area contributed by atoms with Gasteiger partial charge in [-0.3, -0.25) is 14.6 Å². The van der Waals surface area contributed by atoms with E-state index in [4.69, 9.17) is 11.6 Å². The summed E-state index contributed by atoms with van der Waals surface area (Å²) < 4.78 is 0. The van der Waals surface area contributed by atoms with Crippen molar-refractivity contribution in [2.45, 2.75) is 33.1 Å². The fourth-order valence-corrected chi connectivity index (χ4v) is 2.00. The standard InChI is InChI=1S/C13H17ClN2O3/c1-3-13(4-2,12(18)19)7-11(17)16-10-8-15-6-5-9(10)14/h5-6,8H,3-4,7H2,1-2H3,(H,16,17)(H,18,19). The molecule has 5 nitrogen and oxygen atoms in total. The average molecular weight is 285 g/mol. The van der Waals surface area contributed by atoms with E-state index in [1.807, 2.05) is 0 Å². The van der Waals surface area contributed by atoms with E-state index in [-0.39, 0.29) is 12.3 Å². The summed E-state index contributed by atoms with van der Waals surface area (Å²) in [6.45, 7) is 3.53. The summed E-state index contributed by atoms with van der Waals surface area (Å²) in [7, 11) is 0. The largest absolute Gasteiger partial charge is 0.481 e. The molecule has 1 aromatic rings. The van der Waals surface area contributed by atoms with Crippen molar-refractivity contribution in [2.24, 2.45) is 5.41 Å². The number of aromatic nitrogens is 1. The summed E-state index contributed by atoms with van der Waals surface area (Å²) in [5.74, 6) is -1.33. The fourth-order valence-electron chi connectivity index (χ4n) is 1.85. The molecule has 0 fully saturated rings. The highest BCUT2D eigenvalue weighted by molar-refractivity contribution is 6.33. The zero-order chi connectivity index (χ0) is 14.5. The van der Waals surface area contributed by atoms with Gasteiger partial charge >= 0.3 is 5.97 Å². The summed E-state index contributed by atoms with van der Waals surface area (Å²) in [4.78, 5) is 27.1. The molecule has 0 bridgehead atoms. The lowest BCUT2D eigenvalue weighted by atomic mass is 9.79. The Balaban J connectivity index is 2.80. The van der Waals surface area contributed by atoms with Crippen LogP contribution in [0.5, 0.6) is 0 Å². The number of carboxylic acids is 1. The first-order valence-corrected chi connectivity index (χ1v) is 6.45. The van der Waals surface area contributed by atoms with Gasteiger partial charge < -0.3 is 10.4 Å². The molecule has 0 unspecified atom stereocenters. The Kier molecular flexibility index (Phi) is 5.30. The van der Waals surface area contributed by atoms with Crippen molar-refractivity contribution in [2.75, 3.05) is 5.32 Å². The lowest BCUT2D eigenvalue weighted by Gasteiger charge is -2.25. The molecule has 1 rings (SSSR count). The van der Waals surface area contributed by atoms with Crippen molar-refractivity contribution in [1.29, 1.82) is 0 Å². The van der Waals surface area contributed by atoms with Gasteiger partial charge in [-0.1, -0.05) is 25.4 Å². The predicted molar refractivity (Wildman–Crippen MR) is 73.1 cm³/mol. The molecule has 0 atom stereocenters. The third kappa shape index (κ3) is 3.67. The molecule has 1 heterocycles. The quantitative estimate of drug-likeness (QED) is 0.842. The van der Waals surface area contributed by atoms with E-state index in [1.165, 1.54) is 12.4 Å². The van der Waals surface area contributed by atoms with Crippen LogP contribution in [0.15, 0.2) is 18.5 Å². The third-order valence-electron chi connectivity index (χ3n) is 3.35. The number of aliphatic carboxylic acids is 1. The zero-order valence-electron chi connectivity index (χ0n) is 10.9. The molecule has 1 amide bonds. The lowest BCUT2D eigenvalue weighted by molar-refractivity contribution is -0.151. The smallest absolute Gasteiger partial charge is 0.310 e. The Morgan fingerprint density at radius 3 is 2.53 bits per heavy atom. The van der Waals surface area contributed by atoms with Crippen LogP contribution in [0.3, 0.4) is 0 Å². The third-order valence-corrected chi connectivity index (χ3v) is 3.68. The molecule has 0 saturated heterocycles. The van der Waals surface area contributed by atoms with Gasteiger partial charge in [0.05, 0.1) is 22.3 Å². The second kappa shape index (κ2) is 6.52. The van der Waals surface area contributed by atoms with Crippen LogP contribution < -0.4 is 5.32 Å². The SMILES string of the molecule is CCC(CC)(CC(=O)Nc1cnccc1Cl)C(=O)O. The molecule has 0 aliphatic carbocycles. The Morgan fingerprint density at radius 2 is 2.05 bits per heavy atom. The second-order valence-corrected chi connectivity index (χ2v) is 4.78. The number of amides is 1. The summed E-state index contributed by atoms with van der Waals surface area (Å²) in [5.41, 5.74) is -0.639. The van der Waals surface area contributed by atoms with Crippen molar-refractivity contribution in [1.82, 2.24) is 4.98 Å². The van der Waals surface area contributed by atoms with Gasteiger partial charge in [-0.05, 0) is 18.9 Å². The van der Waals surface area contributed by atoms with Crippen molar-refractivity contribution < 1.29 is 14.7 Å². The minimum atomic E-state index is -1.03. The summed E-state index contributed by atoms with van der Waals surface area (Å²) in [6.07, 6.45) is 3.65. The highest BCUT2D eigenvalue weighted by atomic mass is 35.5. The van der Waals surface area contributed by atoms with Gasteiger partial charge in [0.2, 0.25) is 5.91 Å². The molecular formula is C13H17ClN2O3. The maximum Gasteiger partial charge on any atom is 0.310 e. The van der Waals surface area contributed by atoms with E-state index < -0.39 is 11.4 Å². The van der Waals surface area contributed by atoms with Crippen LogP contribution in [0, 0.1) is 5.41 Å². The van der Waals surface area contributed by atoms with Gasteiger partial charge in [0, 0.05) is 12.6 Å². The van der Waals surface area contributed by atoms with Gasteiger partial charge in [-0.15, -0.1) is 0 Å². The minimum absolute atomic E-state index is 0.0828. The van der Waals surface area contributed by atoms with Crippen molar-refractivity contribution in [3.63, 3.8) is 0 Å². The van der Waals surface area contributed by atoms with Gasteiger partial charge in [-0.2, -0.15) is 0 Å². The number of hydrogen-bond acceptors (Lipinski definition) is 3. The molecule has 2 N–H and O–H groups in total. The second-order valence-electron chi connectivity index (χ2n) is 4.37. The molecule has 104 valence electrons. The van der Waals surface area contributed by atoms with Crippen LogP contribution >= 0.6 is 11.6 Å².